The van der Waals surface area contributed by atoms with Crippen LogP contribution in [0.1, 0.15) is 33.1 Å². The van der Waals surface area contributed by atoms with Gasteiger partial charge in [0.1, 0.15) is 0 Å². The first-order valence-electron chi connectivity index (χ1n) is 4.50. The van der Waals surface area contributed by atoms with E-state index in [1.165, 1.54) is 5.01 Å². The predicted octanol–water partition coefficient (Wildman–Crippen LogP) is 1.54. The van der Waals surface area contributed by atoms with E-state index >= 15 is 0 Å². The van der Waals surface area contributed by atoms with E-state index < -0.39 is 6.10 Å². The summed E-state index contributed by atoms with van der Waals surface area (Å²) in [6, 6.07) is 0. The third kappa shape index (κ3) is 5.07. The summed E-state index contributed by atoms with van der Waals surface area (Å²) >= 11 is 0. The largest absolute Gasteiger partial charge is 0.391 e. The molecule has 0 aliphatic rings. The van der Waals surface area contributed by atoms with Crippen LogP contribution in [0.2, 0.25) is 0 Å². The number of unbranched alkanes of at least 4 members (excludes halogenated alkanes) is 1. The summed E-state index contributed by atoms with van der Waals surface area (Å²) in [5.74, 6) is 0. The number of nitrogens with zero attached hydrogens (tertiary/aromatic N) is 2. The average molecular weight is 174 g/mol. The fourth-order valence-electron chi connectivity index (χ4n) is 0.878. The Morgan fingerprint density at radius 3 is 2.58 bits per heavy atom. The second-order valence-corrected chi connectivity index (χ2v) is 2.91. The van der Waals surface area contributed by atoms with E-state index in [4.69, 9.17) is 0 Å². The van der Waals surface area contributed by atoms with Gasteiger partial charge in [0.15, 0.2) is 0 Å². The highest BCUT2D eigenvalue weighted by Gasteiger charge is 2.07. The number of aliphatic hydroxyl groups is 1. The average Bonchev–Trinajstić information content (AvgIpc) is 2.11. The molecule has 1 atom stereocenters. The molecule has 0 aromatic carbocycles. The van der Waals surface area contributed by atoms with Crippen LogP contribution in [-0.2, 0) is 0 Å². The molecule has 0 saturated heterocycles. The third-order valence-corrected chi connectivity index (χ3v) is 1.78. The van der Waals surface area contributed by atoms with Crippen molar-refractivity contribution in [2.24, 2.45) is 5.29 Å². The molecule has 0 amide bonds. The van der Waals surface area contributed by atoms with Gasteiger partial charge in [-0.1, -0.05) is 20.3 Å². The fourth-order valence-corrected chi connectivity index (χ4v) is 0.878. The van der Waals surface area contributed by atoms with Crippen LogP contribution in [0.4, 0.5) is 0 Å². The summed E-state index contributed by atoms with van der Waals surface area (Å²) in [7, 11) is 0. The van der Waals surface area contributed by atoms with Crippen molar-refractivity contribution in [3.63, 3.8) is 0 Å². The topological polar surface area (TPSA) is 52.9 Å². The van der Waals surface area contributed by atoms with Gasteiger partial charge in [0.25, 0.3) is 0 Å². The Hall–Kier alpha value is -0.640. The normalized spacial score (nSPS) is 12.6. The number of aliphatic hydroxyl groups excluding tert-OH is 1. The molecule has 0 bridgehead atoms. The molecule has 0 saturated carbocycles. The Bertz CT molecular complexity index is 120. The molecule has 0 aliphatic carbocycles. The van der Waals surface area contributed by atoms with E-state index in [9.17, 15) is 10.0 Å². The van der Waals surface area contributed by atoms with Crippen molar-refractivity contribution in [1.29, 1.82) is 0 Å². The minimum Gasteiger partial charge on any atom is -0.391 e. The highest BCUT2D eigenvalue weighted by molar-refractivity contribution is 4.59. The SMILES string of the molecule is CCCCN(CC(O)CC)N=O. The monoisotopic (exact) mass is 174 g/mol. The van der Waals surface area contributed by atoms with Crippen molar-refractivity contribution >= 4 is 0 Å². The van der Waals surface area contributed by atoms with Crippen molar-refractivity contribution in [3.8, 4) is 0 Å². The first-order chi connectivity index (χ1) is 5.74. The van der Waals surface area contributed by atoms with Crippen molar-refractivity contribution in [2.45, 2.75) is 39.2 Å². The lowest BCUT2D eigenvalue weighted by molar-refractivity contribution is 0.109. The van der Waals surface area contributed by atoms with Gasteiger partial charge in [0.05, 0.1) is 17.9 Å². The first kappa shape index (κ1) is 11.4. The lowest BCUT2D eigenvalue weighted by Crippen LogP contribution is -2.28. The second-order valence-electron chi connectivity index (χ2n) is 2.91. The van der Waals surface area contributed by atoms with Crippen LogP contribution in [0.5, 0.6) is 0 Å². The molecule has 0 radical (unpaired) electrons. The Labute approximate surface area is 73.5 Å². The third-order valence-electron chi connectivity index (χ3n) is 1.78. The smallest absolute Gasteiger partial charge is 0.0730 e. The van der Waals surface area contributed by atoms with Gasteiger partial charge in [0.2, 0.25) is 0 Å². The van der Waals surface area contributed by atoms with Crippen molar-refractivity contribution in [1.82, 2.24) is 5.01 Å². The van der Waals surface area contributed by atoms with Crippen LogP contribution >= 0.6 is 0 Å². The van der Waals surface area contributed by atoms with Crippen molar-refractivity contribution in [2.75, 3.05) is 13.1 Å². The molecule has 4 nitrogen and oxygen atoms in total. The van der Waals surface area contributed by atoms with E-state index in [0.717, 1.165) is 12.8 Å². The molecule has 12 heavy (non-hydrogen) atoms. The van der Waals surface area contributed by atoms with E-state index in [2.05, 4.69) is 12.2 Å². The van der Waals surface area contributed by atoms with E-state index in [1.54, 1.807) is 0 Å². The molecular weight excluding hydrogens is 156 g/mol. The summed E-state index contributed by atoms with van der Waals surface area (Å²) in [5.41, 5.74) is 0. The molecule has 0 spiro atoms. The van der Waals surface area contributed by atoms with Gasteiger partial charge in [-0.05, 0) is 12.8 Å². The summed E-state index contributed by atoms with van der Waals surface area (Å²) in [6.45, 7) is 4.95. The molecule has 1 unspecified atom stereocenters. The zero-order valence-electron chi connectivity index (χ0n) is 7.86. The van der Waals surface area contributed by atoms with Crippen LogP contribution in [0.25, 0.3) is 0 Å². The van der Waals surface area contributed by atoms with E-state index in [-0.39, 0.29) is 0 Å². The zero-order chi connectivity index (χ0) is 9.40. The molecule has 72 valence electrons. The van der Waals surface area contributed by atoms with E-state index in [0.29, 0.717) is 19.5 Å². The number of hydrogen-bond donors (Lipinski definition) is 1. The minimum absolute atomic E-state index is 0.361. The van der Waals surface area contributed by atoms with Crippen molar-refractivity contribution < 1.29 is 5.11 Å². The second kappa shape index (κ2) is 7.03. The molecule has 0 aliphatic heterocycles. The van der Waals surface area contributed by atoms with Crippen LogP contribution in [0.15, 0.2) is 5.29 Å². The van der Waals surface area contributed by atoms with Gasteiger partial charge >= 0.3 is 0 Å². The maximum Gasteiger partial charge on any atom is 0.0730 e. The van der Waals surface area contributed by atoms with Crippen LogP contribution < -0.4 is 0 Å². The van der Waals surface area contributed by atoms with Gasteiger partial charge in [-0.25, -0.2) is 0 Å². The van der Waals surface area contributed by atoms with Gasteiger partial charge < -0.3 is 5.11 Å². The zero-order valence-corrected chi connectivity index (χ0v) is 7.86. The number of rotatable bonds is 7. The molecule has 0 aromatic rings. The summed E-state index contributed by atoms with van der Waals surface area (Å²) in [5, 5.41) is 13.4. The molecule has 0 heterocycles. The Balaban J connectivity index is 3.59. The number of hydrogen-bond acceptors (Lipinski definition) is 3. The minimum atomic E-state index is -0.431. The lowest BCUT2D eigenvalue weighted by atomic mass is 10.2. The molecular formula is C8H18N2O2. The summed E-state index contributed by atoms with van der Waals surface area (Å²) in [6.07, 6.45) is 2.22. The lowest BCUT2D eigenvalue weighted by Gasteiger charge is -2.17. The van der Waals surface area contributed by atoms with Gasteiger partial charge in [0, 0.05) is 6.54 Å². The van der Waals surface area contributed by atoms with Gasteiger partial charge in [-0.3, -0.25) is 5.01 Å². The molecule has 1 N–H and O–H groups in total. The highest BCUT2D eigenvalue weighted by atomic mass is 16.3. The highest BCUT2D eigenvalue weighted by Crippen LogP contribution is 1.99. The molecule has 4 heteroatoms. The molecule has 0 fully saturated rings. The Morgan fingerprint density at radius 2 is 2.17 bits per heavy atom. The summed E-state index contributed by atoms with van der Waals surface area (Å²) < 4.78 is 0. The first-order valence-corrected chi connectivity index (χ1v) is 4.50. The van der Waals surface area contributed by atoms with Crippen LogP contribution in [0, 0.1) is 4.91 Å². The van der Waals surface area contributed by atoms with Gasteiger partial charge in [-0.15, -0.1) is 4.91 Å². The predicted molar refractivity (Wildman–Crippen MR) is 48.6 cm³/mol. The Morgan fingerprint density at radius 1 is 1.50 bits per heavy atom. The molecule has 0 aromatic heterocycles. The van der Waals surface area contributed by atoms with E-state index in [1.807, 2.05) is 6.92 Å². The summed E-state index contributed by atoms with van der Waals surface area (Å²) in [4.78, 5) is 10.2. The quantitative estimate of drug-likeness (QED) is 0.470. The maximum absolute atomic E-state index is 10.2. The van der Waals surface area contributed by atoms with Crippen LogP contribution in [0.3, 0.4) is 0 Å². The molecule has 0 rings (SSSR count). The van der Waals surface area contributed by atoms with Crippen molar-refractivity contribution in [3.05, 3.63) is 4.91 Å². The van der Waals surface area contributed by atoms with Gasteiger partial charge in [-0.2, -0.15) is 0 Å². The fraction of sp³-hybridized carbons (Fsp3) is 1.00. The standard InChI is InChI=1S/C8H18N2O2/c1-3-5-6-10(9-12)7-8(11)4-2/h8,11H,3-7H2,1-2H3. The maximum atomic E-state index is 10.2. The Kier molecular flexibility index (Phi) is 6.66. The van der Waals surface area contributed by atoms with Crippen LogP contribution in [-0.4, -0.2) is 29.3 Å². The number of nitroso groups, excluding NO2 is 1.